The third-order valence-corrected chi connectivity index (χ3v) is 9.88. The molecule has 0 N–H and O–H groups in total. The maximum atomic E-state index is 14.2. The van der Waals surface area contributed by atoms with Crippen LogP contribution in [0.15, 0.2) is 77.7 Å². The van der Waals surface area contributed by atoms with Crippen molar-refractivity contribution < 1.29 is 13.2 Å². The highest BCUT2D eigenvalue weighted by Gasteiger charge is 2.31. The highest BCUT2D eigenvalue weighted by molar-refractivity contribution is 7.90. The van der Waals surface area contributed by atoms with Crippen molar-refractivity contribution in [1.29, 1.82) is 0 Å². The van der Waals surface area contributed by atoms with Gasteiger partial charge in [-0.3, -0.25) is 4.79 Å². The number of para-hydroxylation sites is 1. The second kappa shape index (κ2) is 14.8. The molecule has 1 heterocycles. The Bertz CT molecular complexity index is 1440. The Hall–Kier alpha value is -3.56. The predicted octanol–water partition coefficient (Wildman–Crippen LogP) is 4.86. The molecule has 0 radical (unpaired) electrons. The lowest BCUT2D eigenvalue weighted by Gasteiger charge is -2.39. The van der Waals surface area contributed by atoms with E-state index in [1.807, 2.05) is 82.5 Å². The van der Waals surface area contributed by atoms with Gasteiger partial charge in [0.05, 0.1) is 27.6 Å². The van der Waals surface area contributed by atoms with E-state index in [2.05, 4.69) is 38.7 Å². The monoisotopic (exact) mass is 605 g/mol. The molecule has 4 rings (SSSR count). The summed E-state index contributed by atoms with van der Waals surface area (Å²) in [5, 5.41) is 0. The van der Waals surface area contributed by atoms with Gasteiger partial charge in [-0.25, -0.2) is 8.42 Å². The van der Waals surface area contributed by atoms with Crippen LogP contribution in [-0.2, 0) is 15.6 Å². The SMILES string of the molecule is CCN(CC)C(=O)c1cc(S(=O)(=O)Cc2ccccc2)c(N2CCN(c3ccccc3)CC2)cc1N(CC)CCN(C)C. The number of carbonyl (C=O) groups is 1. The van der Waals surface area contributed by atoms with Crippen molar-refractivity contribution in [3.8, 4) is 0 Å². The molecule has 43 heavy (non-hydrogen) atoms. The lowest BCUT2D eigenvalue weighted by molar-refractivity contribution is 0.0773. The highest BCUT2D eigenvalue weighted by atomic mass is 32.2. The first-order valence-corrected chi connectivity index (χ1v) is 17.0. The Morgan fingerprint density at radius 3 is 1.91 bits per heavy atom. The summed E-state index contributed by atoms with van der Waals surface area (Å²) in [5.41, 5.74) is 3.81. The van der Waals surface area contributed by atoms with Crippen LogP contribution in [0.3, 0.4) is 0 Å². The standard InChI is InChI=1S/C34H47N5O3S/c1-6-36(7-2)34(40)30-25-33(43(41,42)27-28-15-11-9-12-16-28)32(26-31(30)37(8-3)20-19-35(4)5)39-23-21-38(22-24-39)29-17-13-10-14-18-29/h9-18,25-26H,6-8,19-24,27H2,1-5H3. The van der Waals surface area contributed by atoms with Crippen molar-refractivity contribution in [3.63, 3.8) is 0 Å². The molecule has 3 aromatic rings. The summed E-state index contributed by atoms with van der Waals surface area (Å²) in [4.78, 5) is 24.8. The molecule has 1 aliphatic rings. The Kier molecular flexibility index (Phi) is 11.1. The molecule has 9 heteroatoms. The third-order valence-electron chi connectivity index (χ3n) is 8.17. The van der Waals surface area contributed by atoms with Gasteiger partial charge >= 0.3 is 0 Å². The summed E-state index contributed by atoms with van der Waals surface area (Å²) < 4.78 is 28.4. The van der Waals surface area contributed by atoms with Crippen molar-refractivity contribution in [3.05, 3.63) is 83.9 Å². The molecule has 0 unspecified atom stereocenters. The van der Waals surface area contributed by atoms with Crippen molar-refractivity contribution in [2.24, 2.45) is 0 Å². The zero-order valence-electron chi connectivity index (χ0n) is 26.4. The van der Waals surface area contributed by atoms with E-state index >= 15 is 0 Å². The fourth-order valence-electron chi connectivity index (χ4n) is 5.65. The van der Waals surface area contributed by atoms with Crippen molar-refractivity contribution in [2.75, 3.05) is 87.7 Å². The maximum absolute atomic E-state index is 14.2. The number of amides is 1. The van der Waals surface area contributed by atoms with Gasteiger partial charge in [-0.2, -0.15) is 0 Å². The van der Waals surface area contributed by atoms with E-state index in [-0.39, 0.29) is 16.6 Å². The van der Waals surface area contributed by atoms with E-state index in [1.54, 1.807) is 11.0 Å². The molecule has 1 amide bonds. The van der Waals surface area contributed by atoms with Gasteiger partial charge in [0.2, 0.25) is 0 Å². The van der Waals surface area contributed by atoms with Crippen molar-refractivity contribution in [2.45, 2.75) is 31.4 Å². The van der Waals surface area contributed by atoms with Crippen molar-refractivity contribution in [1.82, 2.24) is 9.80 Å². The molecular formula is C34H47N5O3S. The molecule has 0 atom stereocenters. The fourth-order valence-corrected chi connectivity index (χ4v) is 7.24. The molecule has 1 aliphatic heterocycles. The molecule has 8 nitrogen and oxygen atoms in total. The molecule has 0 bridgehead atoms. The summed E-state index contributed by atoms with van der Waals surface area (Å²) in [6, 6.07) is 23.3. The molecule has 0 saturated carbocycles. The number of hydrogen-bond donors (Lipinski definition) is 0. The maximum Gasteiger partial charge on any atom is 0.255 e. The minimum atomic E-state index is -3.78. The van der Waals surface area contributed by atoms with Gasteiger partial charge in [0.25, 0.3) is 5.91 Å². The number of sulfone groups is 1. The van der Waals surface area contributed by atoms with Crippen LogP contribution in [-0.4, -0.2) is 97.1 Å². The summed E-state index contributed by atoms with van der Waals surface area (Å²) in [6.45, 7) is 12.2. The van der Waals surface area contributed by atoms with E-state index < -0.39 is 9.84 Å². The molecule has 0 aromatic heterocycles. The van der Waals surface area contributed by atoms with E-state index in [9.17, 15) is 13.2 Å². The molecule has 3 aromatic carbocycles. The number of carbonyl (C=O) groups excluding carboxylic acids is 1. The average molecular weight is 606 g/mol. The summed E-state index contributed by atoms with van der Waals surface area (Å²) in [5.74, 6) is -0.263. The van der Waals surface area contributed by atoms with Crippen LogP contribution in [0.1, 0.15) is 36.7 Å². The van der Waals surface area contributed by atoms with Crippen LogP contribution in [0, 0.1) is 0 Å². The van der Waals surface area contributed by atoms with Gasteiger partial charge in [0.1, 0.15) is 0 Å². The number of likely N-dealkylation sites (N-methyl/N-ethyl adjacent to an activating group) is 2. The zero-order valence-corrected chi connectivity index (χ0v) is 27.2. The second-order valence-electron chi connectivity index (χ2n) is 11.3. The topological polar surface area (TPSA) is 67.4 Å². The van der Waals surface area contributed by atoms with Gasteiger partial charge in [0, 0.05) is 64.6 Å². The van der Waals surface area contributed by atoms with Crippen LogP contribution < -0.4 is 14.7 Å². The smallest absolute Gasteiger partial charge is 0.255 e. The molecule has 1 fully saturated rings. The van der Waals surface area contributed by atoms with Crippen LogP contribution in [0.25, 0.3) is 0 Å². The Morgan fingerprint density at radius 2 is 1.35 bits per heavy atom. The quantitative estimate of drug-likeness (QED) is 0.276. The van der Waals surface area contributed by atoms with Crippen LogP contribution in [0.4, 0.5) is 17.1 Å². The number of rotatable bonds is 13. The normalized spacial score (nSPS) is 13.8. The van der Waals surface area contributed by atoms with Gasteiger partial charge in [0.15, 0.2) is 9.84 Å². The van der Waals surface area contributed by atoms with E-state index in [0.717, 1.165) is 37.4 Å². The number of anilines is 3. The number of hydrogen-bond acceptors (Lipinski definition) is 7. The summed E-state index contributed by atoms with van der Waals surface area (Å²) in [7, 11) is 0.287. The Balaban J connectivity index is 1.84. The fraction of sp³-hybridized carbons (Fsp3) is 0.441. The first kappa shape index (κ1) is 32.4. The van der Waals surface area contributed by atoms with Gasteiger partial charge in [-0.05, 0) is 64.7 Å². The molecule has 0 aliphatic carbocycles. The number of benzene rings is 3. The molecule has 1 saturated heterocycles. The predicted molar refractivity (Wildman–Crippen MR) is 178 cm³/mol. The Morgan fingerprint density at radius 1 is 0.767 bits per heavy atom. The van der Waals surface area contributed by atoms with Crippen molar-refractivity contribution >= 4 is 32.8 Å². The first-order chi connectivity index (χ1) is 20.7. The second-order valence-corrected chi connectivity index (χ2v) is 13.2. The van der Waals surface area contributed by atoms with Crippen LogP contribution in [0.5, 0.6) is 0 Å². The lowest BCUT2D eigenvalue weighted by atomic mass is 10.1. The van der Waals surface area contributed by atoms with Gasteiger partial charge in [-0.1, -0.05) is 48.5 Å². The van der Waals surface area contributed by atoms with Crippen LogP contribution >= 0.6 is 0 Å². The largest absolute Gasteiger partial charge is 0.370 e. The molecular weight excluding hydrogens is 558 g/mol. The minimum absolute atomic E-state index is 0.124. The number of piperazine rings is 1. The van der Waals surface area contributed by atoms with Gasteiger partial charge in [-0.15, -0.1) is 0 Å². The summed E-state index contributed by atoms with van der Waals surface area (Å²) in [6.07, 6.45) is 0. The van der Waals surface area contributed by atoms with E-state index in [1.165, 1.54) is 5.69 Å². The van der Waals surface area contributed by atoms with Gasteiger partial charge < -0.3 is 24.5 Å². The lowest BCUT2D eigenvalue weighted by Crippen LogP contribution is -2.47. The summed E-state index contributed by atoms with van der Waals surface area (Å²) >= 11 is 0. The Labute approximate surface area is 258 Å². The number of nitrogens with zero attached hydrogens (tertiary/aromatic N) is 5. The minimum Gasteiger partial charge on any atom is -0.370 e. The molecule has 232 valence electrons. The highest BCUT2D eigenvalue weighted by Crippen LogP contribution is 2.37. The van der Waals surface area contributed by atoms with Crippen LogP contribution in [0.2, 0.25) is 0 Å². The van der Waals surface area contributed by atoms with E-state index in [4.69, 9.17) is 0 Å². The molecule has 0 spiro atoms. The van der Waals surface area contributed by atoms with E-state index in [0.29, 0.717) is 44.0 Å². The average Bonchev–Trinajstić information content (AvgIpc) is 3.02. The zero-order chi connectivity index (χ0) is 31.0. The third kappa shape index (κ3) is 7.89. The first-order valence-electron chi connectivity index (χ1n) is 15.4.